The van der Waals surface area contributed by atoms with Crippen LogP contribution in [0.4, 0.5) is 0 Å². The smallest absolute Gasteiger partial charge is 0.267 e. The van der Waals surface area contributed by atoms with Crippen molar-refractivity contribution in [1.82, 2.24) is 15.2 Å². The Labute approximate surface area is 105 Å². The Morgan fingerprint density at radius 2 is 2.17 bits per heavy atom. The minimum Gasteiger partial charge on any atom is -0.368 e. The quantitative estimate of drug-likeness (QED) is 0.703. The zero-order valence-corrected chi connectivity index (χ0v) is 10.3. The third-order valence-electron chi connectivity index (χ3n) is 2.88. The Bertz CT molecular complexity index is 438. The second kappa shape index (κ2) is 5.68. The summed E-state index contributed by atoms with van der Waals surface area (Å²) in [6.45, 7) is 1.47. The highest BCUT2D eigenvalue weighted by Crippen LogP contribution is 2.09. The molecule has 0 aromatic carbocycles. The van der Waals surface area contributed by atoms with Gasteiger partial charge in [0, 0.05) is 32.8 Å². The maximum atomic E-state index is 11.7. The lowest BCUT2D eigenvalue weighted by atomic mass is 10.2. The Balaban J connectivity index is 1.65. The summed E-state index contributed by atoms with van der Waals surface area (Å²) >= 11 is 0. The average Bonchev–Trinajstić information content (AvgIpc) is 2.68. The van der Waals surface area contributed by atoms with Gasteiger partial charge in [0.05, 0.1) is 6.61 Å². The molecule has 98 valence electrons. The van der Waals surface area contributed by atoms with E-state index in [-0.39, 0.29) is 17.9 Å². The van der Waals surface area contributed by atoms with Gasteiger partial charge in [0.15, 0.2) is 0 Å². The molecule has 0 saturated carbocycles. The Morgan fingerprint density at radius 3 is 2.72 bits per heavy atom. The molecule has 1 fully saturated rings. The van der Waals surface area contributed by atoms with E-state index in [9.17, 15) is 9.59 Å². The summed E-state index contributed by atoms with van der Waals surface area (Å²) in [5, 5.41) is 5.46. The Morgan fingerprint density at radius 1 is 1.44 bits per heavy atom. The van der Waals surface area contributed by atoms with Gasteiger partial charge in [-0.15, -0.1) is 0 Å². The summed E-state index contributed by atoms with van der Waals surface area (Å²) in [6, 6.07) is 3.56. The van der Waals surface area contributed by atoms with Crippen molar-refractivity contribution in [3.8, 4) is 0 Å². The fourth-order valence-electron chi connectivity index (χ4n) is 1.71. The van der Waals surface area contributed by atoms with Crippen LogP contribution in [0, 0.1) is 0 Å². The second-order valence-electron chi connectivity index (χ2n) is 4.20. The molecule has 2 amide bonds. The molecule has 2 heterocycles. The molecule has 18 heavy (non-hydrogen) atoms. The number of carbonyl (C=O) groups is 2. The van der Waals surface area contributed by atoms with Gasteiger partial charge in [0.25, 0.3) is 5.91 Å². The van der Waals surface area contributed by atoms with Crippen molar-refractivity contribution in [3.05, 3.63) is 24.0 Å². The third-order valence-corrected chi connectivity index (χ3v) is 2.88. The summed E-state index contributed by atoms with van der Waals surface area (Å²) in [5.41, 5.74) is 0.601. The van der Waals surface area contributed by atoms with Gasteiger partial charge in [-0.05, 0) is 12.1 Å². The molecule has 1 saturated heterocycles. The minimum atomic E-state index is -0.298. The van der Waals surface area contributed by atoms with Gasteiger partial charge >= 0.3 is 0 Å². The number of aromatic nitrogens is 1. The van der Waals surface area contributed by atoms with Crippen molar-refractivity contribution in [1.29, 1.82) is 0 Å². The molecule has 1 aliphatic rings. The standard InChI is InChI=1S/C12H17N3O3/c1-15-7-2-3-9(15)11(16)13-5-6-14-12(17)10-4-8-18-10/h2-3,7,10H,4-6,8H2,1H3,(H,13,16)(H,14,17). The predicted molar refractivity (Wildman–Crippen MR) is 65.1 cm³/mol. The number of hydrogen-bond acceptors (Lipinski definition) is 3. The maximum absolute atomic E-state index is 11.7. The molecule has 2 rings (SSSR count). The van der Waals surface area contributed by atoms with E-state index in [4.69, 9.17) is 4.74 Å². The lowest BCUT2D eigenvalue weighted by Gasteiger charge is -2.25. The Kier molecular flexibility index (Phi) is 3.99. The van der Waals surface area contributed by atoms with Crippen LogP contribution in [0.1, 0.15) is 16.9 Å². The van der Waals surface area contributed by atoms with Gasteiger partial charge in [-0.3, -0.25) is 9.59 Å². The SMILES string of the molecule is Cn1cccc1C(=O)NCCNC(=O)C1CCO1. The van der Waals surface area contributed by atoms with E-state index in [2.05, 4.69) is 10.6 Å². The number of hydrogen-bond donors (Lipinski definition) is 2. The van der Waals surface area contributed by atoms with E-state index in [1.807, 2.05) is 19.3 Å². The fourth-order valence-corrected chi connectivity index (χ4v) is 1.71. The number of ether oxygens (including phenoxy) is 1. The zero-order valence-electron chi connectivity index (χ0n) is 10.3. The fraction of sp³-hybridized carbons (Fsp3) is 0.500. The maximum Gasteiger partial charge on any atom is 0.267 e. The van der Waals surface area contributed by atoms with Gasteiger partial charge < -0.3 is 19.9 Å². The van der Waals surface area contributed by atoms with E-state index in [0.29, 0.717) is 25.4 Å². The molecule has 0 bridgehead atoms. The highest BCUT2D eigenvalue weighted by atomic mass is 16.5. The largest absolute Gasteiger partial charge is 0.368 e. The van der Waals surface area contributed by atoms with Crippen molar-refractivity contribution in [3.63, 3.8) is 0 Å². The molecule has 6 heteroatoms. The number of nitrogens with zero attached hydrogens (tertiary/aromatic N) is 1. The summed E-state index contributed by atoms with van der Waals surface area (Å²) in [5.74, 6) is -0.244. The topological polar surface area (TPSA) is 72.4 Å². The number of amides is 2. The monoisotopic (exact) mass is 251 g/mol. The van der Waals surface area contributed by atoms with Crippen LogP contribution in [0.5, 0.6) is 0 Å². The first kappa shape index (κ1) is 12.6. The number of carbonyl (C=O) groups excluding carboxylic acids is 2. The van der Waals surface area contributed by atoms with Crippen LogP contribution < -0.4 is 10.6 Å². The first-order chi connectivity index (χ1) is 8.68. The molecule has 1 unspecified atom stereocenters. The van der Waals surface area contributed by atoms with Crippen LogP contribution in [-0.2, 0) is 16.6 Å². The van der Waals surface area contributed by atoms with E-state index in [1.165, 1.54) is 0 Å². The zero-order chi connectivity index (χ0) is 13.0. The molecule has 0 spiro atoms. The molecule has 1 aliphatic heterocycles. The van der Waals surface area contributed by atoms with E-state index < -0.39 is 0 Å². The highest BCUT2D eigenvalue weighted by molar-refractivity contribution is 5.92. The van der Waals surface area contributed by atoms with Crippen LogP contribution in [-0.4, -0.2) is 42.2 Å². The molecular formula is C12H17N3O3. The van der Waals surface area contributed by atoms with Gasteiger partial charge in [-0.2, -0.15) is 0 Å². The third kappa shape index (κ3) is 2.89. The summed E-state index contributed by atoms with van der Waals surface area (Å²) in [7, 11) is 1.81. The number of nitrogens with one attached hydrogen (secondary N) is 2. The highest BCUT2D eigenvalue weighted by Gasteiger charge is 2.25. The molecule has 1 aromatic heterocycles. The van der Waals surface area contributed by atoms with Crippen LogP contribution in [0.2, 0.25) is 0 Å². The minimum absolute atomic E-state index is 0.102. The van der Waals surface area contributed by atoms with Crippen molar-refractivity contribution in [2.75, 3.05) is 19.7 Å². The van der Waals surface area contributed by atoms with Crippen LogP contribution in [0.15, 0.2) is 18.3 Å². The van der Waals surface area contributed by atoms with Gasteiger partial charge in [0.2, 0.25) is 5.91 Å². The van der Waals surface area contributed by atoms with E-state index >= 15 is 0 Å². The predicted octanol–water partition coefficient (Wildman–Crippen LogP) is -0.340. The van der Waals surface area contributed by atoms with Crippen molar-refractivity contribution in [2.24, 2.45) is 7.05 Å². The number of aryl methyl sites for hydroxylation is 1. The van der Waals surface area contributed by atoms with Crippen LogP contribution in [0.25, 0.3) is 0 Å². The lowest BCUT2D eigenvalue weighted by molar-refractivity contribution is -0.144. The first-order valence-electron chi connectivity index (χ1n) is 5.97. The number of rotatable bonds is 5. The molecule has 0 radical (unpaired) electrons. The molecule has 0 aliphatic carbocycles. The van der Waals surface area contributed by atoms with Crippen molar-refractivity contribution < 1.29 is 14.3 Å². The molecular weight excluding hydrogens is 234 g/mol. The van der Waals surface area contributed by atoms with Crippen LogP contribution >= 0.6 is 0 Å². The lowest BCUT2D eigenvalue weighted by Crippen LogP contribution is -2.45. The Hall–Kier alpha value is -1.82. The van der Waals surface area contributed by atoms with Crippen molar-refractivity contribution >= 4 is 11.8 Å². The summed E-state index contributed by atoms with van der Waals surface area (Å²) in [4.78, 5) is 23.1. The average molecular weight is 251 g/mol. The van der Waals surface area contributed by atoms with E-state index in [1.54, 1.807) is 10.6 Å². The molecule has 6 nitrogen and oxygen atoms in total. The summed E-state index contributed by atoms with van der Waals surface area (Å²) in [6.07, 6.45) is 2.29. The molecule has 2 N–H and O–H groups in total. The van der Waals surface area contributed by atoms with Crippen LogP contribution in [0.3, 0.4) is 0 Å². The van der Waals surface area contributed by atoms with Gasteiger partial charge in [-0.1, -0.05) is 0 Å². The molecule has 1 atom stereocenters. The second-order valence-corrected chi connectivity index (χ2v) is 4.20. The normalized spacial score (nSPS) is 17.9. The van der Waals surface area contributed by atoms with Gasteiger partial charge in [0.1, 0.15) is 11.8 Å². The van der Waals surface area contributed by atoms with Crippen molar-refractivity contribution in [2.45, 2.75) is 12.5 Å². The van der Waals surface area contributed by atoms with E-state index in [0.717, 1.165) is 6.42 Å². The van der Waals surface area contributed by atoms with Gasteiger partial charge in [-0.25, -0.2) is 0 Å². The molecule has 1 aromatic rings. The first-order valence-corrected chi connectivity index (χ1v) is 5.97. The summed E-state index contributed by atoms with van der Waals surface area (Å²) < 4.78 is 6.79.